The zero-order valence-corrected chi connectivity index (χ0v) is 17.3. The molecule has 6 nitrogen and oxygen atoms in total. The van der Waals surface area contributed by atoms with Gasteiger partial charge in [0.05, 0.1) is 16.8 Å². The van der Waals surface area contributed by atoms with Gasteiger partial charge in [0.1, 0.15) is 12.1 Å². The molecule has 4 rings (SSSR count). The lowest BCUT2D eigenvalue weighted by Crippen LogP contribution is -2.14. The third-order valence-electron chi connectivity index (χ3n) is 4.73. The smallest absolute Gasteiger partial charge is 0.416 e. The van der Waals surface area contributed by atoms with Crippen LogP contribution < -0.4 is 10.1 Å². The third-order valence-corrected chi connectivity index (χ3v) is 4.73. The number of benzene rings is 2. The Morgan fingerprint density at radius 3 is 2.58 bits per heavy atom. The van der Waals surface area contributed by atoms with E-state index >= 15 is 0 Å². The lowest BCUT2D eigenvalue weighted by Gasteiger charge is -2.13. The van der Waals surface area contributed by atoms with Gasteiger partial charge in [0, 0.05) is 29.7 Å². The monoisotopic (exact) mass is 450 g/mol. The summed E-state index contributed by atoms with van der Waals surface area (Å²) in [6.07, 6.45) is 0.0649. The van der Waals surface area contributed by atoms with Gasteiger partial charge in [0.2, 0.25) is 5.88 Å². The number of ether oxygens (including phenoxy) is 1. The van der Waals surface area contributed by atoms with Gasteiger partial charge in [0.15, 0.2) is 0 Å². The summed E-state index contributed by atoms with van der Waals surface area (Å²) in [5.74, 6) is 0.0573. The maximum Gasteiger partial charge on any atom is 0.416 e. The summed E-state index contributed by atoms with van der Waals surface area (Å²) in [7, 11) is 0. The maximum atomic E-state index is 13.0. The molecule has 0 atom stereocenters. The summed E-state index contributed by atoms with van der Waals surface area (Å²) in [5.41, 5.74) is 1.40. The summed E-state index contributed by atoms with van der Waals surface area (Å²) in [6, 6.07) is 14.5. The topological polar surface area (TPSA) is 77.0 Å². The van der Waals surface area contributed by atoms with Crippen LogP contribution in [0.2, 0.25) is 0 Å². The number of aryl methyl sites for hydroxylation is 1. The predicted octanol–water partition coefficient (Wildman–Crippen LogP) is 5.91. The number of amides is 1. The van der Waals surface area contributed by atoms with Crippen molar-refractivity contribution in [2.45, 2.75) is 13.1 Å². The van der Waals surface area contributed by atoms with Gasteiger partial charge in [0.25, 0.3) is 5.91 Å². The number of aromatic nitrogens is 3. The van der Waals surface area contributed by atoms with Crippen LogP contribution in [-0.2, 0) is 6.18 Å². The number of hydrogen-bond acceptors (Lipinski definition) is 5. The minimum atomic E-state index is -4.54. The van der Waals surface area contributed by atoms with Gasteiger partial charge >= 0.3 is 6.18 Å². The zero-order chi connectivity index (χ0) is 23.4. The molecule has 0 saturated heterocycles. The molecule has 0 saturated carbocycles. The molecule has 2 aromatic carbocycles. The molecule has 4 aromatic rings. The number of hydrogen-bond donors (Lipinski definition) is 1. The second-order valence-electron chi connectivity index (χ2n) is 7.07. The molecular formula is C24H17F3N4O2. The van der Waals surface area contributed by atoms with Crippen LogP contribution in [0.3, 0.4) is 0 Å². The molecule has 33 heavy (non-hydrogen) atoms. The third kappa shape index (κ3) is 5.15. The van der Waals surface area contributed by atoms with Crippen LogP contribution in [-0.4, -0.2) is 20.9 Å². The number of nitrogens with zero attached hydrogens (tertiary/aromatic N) is 3. The van der Waals surface area contributed by atoms with Crippen LogP contribution in [0.15, 0.2) is 79.4 Å². The van der Waals surface area contributed by atoms with Gasteiger partial charge in [-0.15, -0.1) is 0 Å². The van der Waals surface area contributed by atoms with Crippen molar-refractivity contribution in [2.24, 2.45) is 0 Å². The Morgan fingerprint density at radius 1 is 0.970 bits per heavy atom. The molecule has 0 aliphatic carbocycles. The van der Waals surface area contributed by atoms with Crippen LogP contribution in [0.25, 0.3) is 11.3 Å². The molecule has 0 aliphatic heterocycles. The van der Waals surface area contributed by atoms with Crippen molar-refractivity contribution < 1.29 is 22.7 Å². The molecule has 0 fully saturated rings. The second-order valence-corrected chi connectivity index (χ2v) is 7.07. The number of rotatable bonds is 5. The van der Waals surface area contributed by atoms with Crippen molar-refractivity contribution in [2.75, 3.05) is 5.32 Å². The van der Waals surface area contributed by atoms with E-state index in [0.29, 0.717) is 28.6 Å². The van der Waals surface area contributed by atoms with E-state index in [9.17, 15) is 18.0 Å². The first-order chi connectivity index (χ1) is 15.8. The van der Waals surface area contributed by atoms with Gasteiger partial charge in [-0.3, -0.25) is 4.79 Å². The van der Waals surface area contributed by atoms with Crippen molar-refractivity contribution in [3.63, 3.8) is 0 Å². The highest BCUT2D eigenvalue weighted by molar-refractivity contribution is 6.04. The first-order valence-corrected chi connectivity index (χ1v) is 9.80. The molecule has 0 spiro atoms. The SMILES string of the molecule is Cc1ccc(NC(=O)c2cccc(C(F)(F)F)c2)cc1Oc1ncccc1-c1ccncn1. The fourth-order valence-corrected chi connectivity index (χ4v) is 3.05. The Balaban J connectivity index is 1.58. The number of alkyl halides is 3. The van der Waals surface area contributed by atoms with E-state index in [1.54, 1.807) is 48.8 Å². The summed E-state index contributed by atoms with van der Waals surface area (Å²) < 4.78 is 44.9. The summed E-state index contributed by atoms with van der Waals surface area (Å²) in [4.78, 5) is 25.0. The largest absolute Gasteiger partial charge is 0.438 e. The first-order valence-electron chi connectivity index (χ1n) is 9.80. The number of halogens is 3. The van der Waals surface area contributed by atoms with Crippen molar-refractivity contribution in [3.05, 3.63) is 96.1 Å². The average molecular weight is 450 g/mol. The molecule has 9 heteroatoms. The lowest BCUT2D eigenvalue weighted by molar-refractivity contribution is -0.137. The van der Waals surface area contributed by atoms with Gasteiger partial charge in [-0.2, -0.15) is 13.2 Å². The highest BCUT2D eigenvalue weighted by atomic mass is 19.4. The van der Waals surface area contributed by atoms with Gasteiger partial charge in [-0.25, -0.2) is 15.0 Å². The number of pyridine rings is 1. The summed E-state index contributed by atoms with van der Waals surface area (Å²) in [5, 5.41) is 2.61. The van der Waals surface area contributed by atoms with E-state index < -0.39 is 17.6 Å². The van der Waals surface area contributed by atoms with Crippen LogP contribution in [0, 0.1) is 6.92 Å². The standard InChI is InChI=1S/C24H17F3N4O2/c1-15-7-8-18(31-22(32)16-4-2-5-17(12-16)24(25,26)27)13-21(15)33-23-19(6-3-10-29-23)20-9-11-28-14-30-20/h2-14H,1H3,(H,31,32). The molecule has 0 radical (unpaired) electrons. The Kier molecular flexibility index (Phi) is 6.03. The molecule has 166 valence electrons. The van der Waals surface area contributed by atoms with Crippen molar-refractivity contribution >= 4 is 11.6 Å². The van der Waals surface area contributed by atoms with Gasteiger partial charge < -0.3 is 10.1 Å². The van der Waals surface area contributed by atoms with Crippen molar-refractivity contribution in [1.82, 2.24) is 15.0 Å². The van der Waals surface area contributed by atoms with Crippen LogP contribution in [0.1, 0.15) is 21.5 Å². The van der Waals surface area contributed by atoms with Crippen molar-refractivity contribution in [3.8, 4) is 22.9 Å². The Morgan fingerprint density at radius 2 is 1.82 bits per heavy atom. The first kappa shape index (κ1) is 21.9. The predicted molar refractivity (Wildman–Crippen MR) is 116 cm³/mol. The number of nitrogens with one attached hydrogen (secondary N) is 1. The minimum Gasteiger partial charge on any atom is -0.438 e. The fraction of sp³-hybridized carbons (Fsp3) is 0.0833. The maximum absolute atomic E-state index is 13.0. The van der Waals surface area contributed by atoms with E-state index in [4.69, 9.17) is 4.74 Å². The lowest BCUT2D eigenvalue weighted by atomic mass is 10.1. The van der Waals surface area contributed by atoms with E-state index in [1.807, 2.05) is 6.92 Å². The highest BCUT2D eigenvalue weighted by Gasteiger charge is 2.30. The molecule has 0 aliphatic rings. The number of carbonyl (C=O) groups excluding carboxylic acids is 1. The second kappa shape index (κ2) is 9.07. The molecular weight excluding hydrogens is 433 g/mol. The quantitative estimate of drug-likeness (QED) is 0.409. The Labute approximate surface area is 187 Å². The van der Waals surface area contributed by atoms with Crippen LogP contribution >= 0.6 is 0 Å². The number of anilines is 1. The number of carbonyl (C=O) groups is 1. The molecule has 2 aromatic heterocycles. The highest BCUT2D eigenvalue weighted by Crippen LogP contribution is 2.33. The minimum absolute atomic E-state index is 0.108. The molecule has 0 bridgehead atoms. The van der Waals surface area contributed by atoms with Gasteiger partial charge in [-0.1, -0.05) is 12.1 Å². The Hall–Kier alpha value is -4.27. The molecule has 2 heterocycles. The van der Waals surface area contributed by atoms with Crippen LogP contribution in [0.5, 0.6) is 11.6 Å². The van der Waals surface area contributed by atoms with E-state index in [2.05, 4.69) is 20.3 Å². The summed E-state index contributed by atoms with van der Waals surface area (Å²) >= 11 is 0. The van der Waals surface area contributed by atoms with Crippen LogP contribution in [0.4, 0.5) is 18.9 Å². The van der Waals surface area contributed by atoms with E-state index in [0.717, 1.165) is 17.7 Å². The molecule has 1 amide bonds. The Bertz CT molecular complexity index is 1290. The summed E-state index contributed by atoms with van der Waals surface area (Å²) in [6.45, 7) is 1.82. The fourth-order valence-electron chi connectivity index (χ4n) is 3.05. The normalized spacial score (nSPS) is 11.2. The average Bonchev–Trinajstić information content (AvgIpc) is 2.82. The van der Waals surface area contributed by atoms with E-state index in [-0.39, 0.29) is 5.56 Å². The van der Waals surface area contributed by atoms with E-state index in [1.165, 1.54) is 18.5 Å². The van der Waals surface area contributed by atoms with Gasteiger partial charge in [-0.05, 0) is 55.0 Å². The molecule has 1 N–H and O–H groups in total. The zero-order valence-electron chi connectivity index (χ0n) is 17.3. The van der Waals surface area contributed by atoms with Crippen molar-refractivity contribution in [1.29, 1.82) is 0 Å². The molecule has 0 unspecified atom stereocenters.